The molecule has 1 heterocycles. The van der Waals surface area contributed by atoms with Crippen molar-refractivity contribution in [2.75, 3.05) is 27.2 Å². The van der Waals surface area contributed by atoms with E-state index < -0.39 is 0 Å². The Labute approximate surface area is 140 Å². The van der Waals surface area contributed by atoms with Crippen molar-refractivity contribution in [3.8, 4) is 5.75 Å². The van der Waals surface area contributed by atoms with Gasteiger partial charge in [-0.25, -0.2) is 0 Å². The van der Waals surface area contributed by atoms with E-state index in [1.54, 1.807) is 7.11 Å². The van der Waals surface area contributed by atoms with Gasteiger partial charge in [-0.1, -0.05) is 30.5 Å². The molecule has 0 N–H and O–H groups in total. The summed E-state index contributed by atoms with van der Waals surface area (Å²) in [5.74, 6) is 1.14. The summed E-state index contributed by atoms with van der Waals surface area (Å²) in [6.45, 7) is 6.62. The third-order valence-corrected chi connectivity index (χ3v) is 4.79. The van der Waals surface area contributed by atoms with Gasteiger partial charge in [0.05, 0.1) is 13.2 Å². The van der Waals surface area contributed by atoms with Crippen molar-refractivity contribution in [2.45, 2.75) is 52.1 Å². The molecule has 1 atom stereocenters. The van der Waals surface area contributed by atoms with Gasteiger partial charge in [0.2, 0.25) is 5.91 Å². The fraction of sp³-hybridized carbons (Fsp3) is 0.632. The number of aryl methyl sites for hydroxylation is 1. The highest BCUT2D eigenvalue weighted by Crippen LogP contribution is 2.22. The number of carbonyl (C=O) groups excluding carboxylic acids is 1. The van der Waals surface area contributed by atoms with Crippen molar-refractivity contribution in [3.05, 3.63) is 29.3 Å². The predicted molar refractivity (Wildman–Crippen MR) is 93.7 cm³/mol. The lowest BCUT2D eigenvalue weighted by Crippen LogP contribution is -2.45. The summed E-state index contributed by atoms with van der Waals surface area (Å²) in [5, 5.41) is 0. The van der Waals surface area contributed by atoms with Crippen LogP contribution in [0.2, 0.25) is 0 Å². The molecular formula is C19H30N2O2. The lowest BCUT2D eigenvalue weighted by Gasteiger charge is -2.30. The van der Waals surface area contributed by atoms with Gasteiger partial charge in [-0.15, -0.1) is 0 Å². The topological polar surface area (TPSA) is 32.8 Å². The van der Waals surface area contributed by atoms with E-state index in [-0.39, 0.29) is 11.9 Å². The minimum atomic E-state index is -0.113. The van der Waals surface area contributed by atoms with Gasteiger partial charge in [-0.05, 0) is 39.8 Å². The fourth-order valence-corrected chi connectivity index (χ4v) is 3.18. The molecule has 0 saturated carbocycles. The van der Waals surface area contributed by atoms with Crippen LogP contribution in [-0.2, 0) is 11.3 Å². The molecule has 4 heteroatoms. The molecule has 0 aliphatic carbocycles. The van der Waals surface area contributed by atoms with Gasteiger partial charge in [0.25, 0.3) is 0 Å². The second-order valence-corrected chi connectivity index (χ2v) is 6.65. The molecular weight excluding hydrogens is 288 g/mol. The highest BCUT2D eigenvalue weighted by atomic mass is 16.5. The zero-order valence-electron chi connectivity index (χ0n) is 15.0. The number of likely N-dealkylation sites (tertiary alicyclic amines) is 1. The maximum atomic E-state index is 12.8. The molecule has 1 amide bonds. The second-order valence-electron chi connectivity index (χ2n) is 6.65. The Kier molecular flexibility index (Phi) is 6.46. The number of hydrogen-bond acceptors (Lipinski definition) is 3. The predicted octanol–water partition coefficient (Wildman–Crippen LogP) is 3.23. The van der Waals surface area contributed by atoms with E-state index in [1.807, 2.05) is 31.0 Å². The SMILES string of the molecule is COc1ccc(C)cc1CN(C)[C@H](C)C(=O)N1CCCCCC1. The van der Waals surface area contributed by atoms with Crippen molar-refractivity contribution < 1.29 is 9.53 Å². The van der Waals surface area contributed by atoms with Gasteiger partial charge < -0.3 is 9.64 Å². The highest BCUT2D eigenvalue weighted by molar-refractivity contribution is 5.81. The van der Waals surface area contributed by atoms with Crippen LogP contribution in [0.5, 0.6) is 5.75 Å². The first-order chi connectivity index (χ1) is 11.0. The van der Waals surface area contributed by atoms with E-state index in [9.17, 15) is 4.79 Å². The summed E-state index contributed by atoms with van der Waals surface area (Å²) in [7, 11) is 3.71. The van der Waals surface area contributed by atoms with Crippen LogP contribution < -0.4 is 4.74 Å². The number of ether oxygens (including phenoxy) is 1. The molecule has 2 rings (SSSR count). The lowest BCUT2D eigenvalue weighted by atomic mass is 10.1. The molecule has 1 saturated heterocycles. The average molecular weight is 318 g/mol. The van der Waals surface area contributed by atoms with Crippen LogP contribution in [0, 0.1) is 6.92 Å². The molecule has 128 valence electrons. The monoisotopic (exact) mass is 318 g/mol. The number of nitrogens with zero attached hydrogens (tertiary/aromatic N) is 2. The molecule has 1 aliphatic rings. The Hall–Kier alpha value is -1.55. The Morgan fingerprint density at radius 2 is 1.91 bits per heavy atom. The van der Waals surface area contributed by atoms with Gasteiger partial charge in [-0.3, -0.25) is 9.69 Å². The van der Waals surface area contributed by atoms with Gasteiger partial charge in [0.15, 0.2) is 0 Å². The third kappa shape index (κ3) is 4.71. The van der Waals surface area contributed by atoms with E-state index in [0.717, 1.165) is 37.2 Å². The van der Waals surface area contributed by atoms with E-state index in [2.05, 4.69) is 17.9 Å². The largest absolute Gasteiger partial charge is 0.496 e. The molecule has 4 nitrogen and oxygen atoms in total. The third-order valence-electron chi connectivity index (χ3n) is 4.79. The first kappa shape index (κ1) is 17.8. The zero-order chi connectivity index (χ0) is 16.8. The average Bonchev–Trinajstić information content (AvgIpc) is 2.83. The smallest absolute Gasteiger partial charge is 0.239 e. The summed E-state index contributed by atoms with van der Waals surface area (Å²) in [6.07, 6.45) is 4.75. The minimum Gasteiger partial charge on any atom is -0.496 e. The number of rotatable bonds is 5. The minimum absolute atomic E-state index is 0.113. The number of methoxy groups -OCH3 is 1. The molecule has 0 spiro atoms. The molecule has 1 aromatic rings. The summed E-state index contributed by atoms with van der Waals surface area (Å²) < 4.78 is 5.45. The van der Waals surface area contributed by atoms with Crippen LogP contribution in [0.1, 0.15) is 43.7 Å². The quantitative estimate of drug-likeness (QED) is 0.835. The molecule has 1 aliphatic heterocycles. The van der Waals surface area contributed by atoms with Gasteiger partial charge in [-0.2, -0.15) is 0 Å². The van der Waals surface area contributed by atoms with E-state index in [0.29, 0.717) is 6.54 Å². The first-order valence-corrected chi connectivity index (χ1v) is 8.65. The van der Waals surface area contributed by atoms with Crippen LogP contribution >= 0.6 is 0 Å². The number of benzene rings is 1. The van der Waals surface area contributed by atoms with E-state index in [4.69, 9.17) is 4.74 Å². The first-order valence-electron chi connectivity index (χ1n) is 8.65. The molecule has 1 fully saturated rings. The molecule has 0 unspecified atom stereocenters. The van der Waals surface area contributed by atoms with Gasteiger partial charge >= 0.3 is 0 Å². The standard InChI is InChI=1S/C19H30N2O2/c1-15-9-10-18(23-4)17(13-15)14-20(3)16(2)19(22)21-11-7-5-6-8-12-21/h9-10,13,16H,5-8,11-12,14H2,1-4H3/t16-/m1/s1. The Balaban J connectivity index is 2.02. The van der Waals surface area contributed by atoms with Gasteiger partial charge in [0, 0.05) is 25.2 Å². The lowest BCUT2D eigenvalue weighted by molar-refractivity contribution is -0.136. The molecule has 0 radical (unpaired) electrons. The molecule has 1 aromatic carbocycles. The number of amides is 1. The van der Waals surface area contributed by atoms with Crippen molar-refractivity contribution >= 4 is 5.91 Å². The van der Waals surface area contributed by atoms with E-state index >= 15 is 0 Å². The zero-order valence-corrected chi connectivity index (χ0v) is 15.0. The van der Waals surface area contributed by atoms with Gasteiger partial charge in [0.1, 0.15) is 5.75 Å². The van der Waals surface area contributed by atoms with Crippen molar-refractivity contribution in [3.63, 3.8) is 0 Å². The van der Waals surface area contributed by atoms with Crippen LogP contribution in [0.25, 0.3) is 0 Å². The fourth-order valence-electron chi connectivity index (χ4n) is 3.18. The van der Waals surface area contributed by atoms with Crippen molar-refractivity contribution in [1.29, 1.82) is 0 Å². The number of likely N-dealkylation sites (N-methyl/N-ethyl adjacent to an activating group) is 1. The van der Waals surface area contributed by atoms with E-state index in [1.165, 1.54) is 18.4 Å². The summed E-state index contributed by atoms with van der Waals surface area (Å²) in [4.78, 5) is 16.9. The van der Waals surface area contributed by atoms with Crippen LogP contribution in [0.15, 0.2) is 18.2 Å². The molecule has 0 aromatic heterocycles. The highest BCUT2D eigenvalue weighted by Gasteiger charge is 2.25. The number of carbonyl (C=O) groups is 1. The van der Waals surface area contributed by atoms with Crippen LogP contribution in [0.4, 0.5) is 0 Å². The maximum Gasteiger partial charge on any atom is 0.239 e. The Morgan fingerprint density at radius 3 is 2.52 bits per heavy atom. The van der Waals surface area contributed by atoms with Crippen LogP contribution in [-0.4, -0.2) is 49.0 Å². The molecule has 0 bridgehead atoms. The number of hydrogen-bond donors (Lipinski definition) is 0. The summed E-state index contributed by atoms with van der Waals surface area (Å²) in [6, 6.07) is 6.07. The van der Waals surface area contributed by atoms with Crippen LogP contribution in [0.3, 0.4) is 0 Å². The van der Waals surface area contributed by atoms with Crippen molar-refractivity contribution in [1.82, 2.24) is 9.80 Å². The van der Waals surface area contributed by atoms with Crippen molar-refractivity contribution in [2.24, 2.45) is 0 Å². The maximum absolute atomic E-state index is 12.8. The molecule has 23 heavy (non-hydrogen) atoms. The second kappa shape index (κ2) is 8.34. The summed E-state index contributed by atoms with van der Waals surface area (Å²) in [5.41, 5.74) is 2.34. The Bertz CT molecular complexity index is 522. The summed E-state index contributed by atoms with van der Waals surface area (Å²) >= 11 is 0. The normalized spacial score (nSPS) is 17.0. The Morgan fingerprint density at radius 1 is 1.26 bits per heavy atom.